The number of amides is 2. The van der Waals surface area contributed by atoms with Crippen molar-refractivity contribution in [1.29, 1.82) is 0 Å². The van der Waals surface area contributed by atoms with Crippen LogP contribution in [0.25, 0.3) is 0 Å². The van der Waals surface area contributed by atoms with Crippen molar-refractivity contribution in [1.82, 2.24) is 10.2 Å². The van der Waals surface area contributed by atoms with E-state index in [9.17, 15) is 9.59 Å². The lowest BCUT2D eigenvalue weighted by Gasteiger charge is -2.36. The number of halogens is 1. The molecule has 1 aliphatic rings. The molecule has 1 aromatic carbocycles. The first-order valence-corrected chi connectivity index (χ1v) is 7.19. The smallest absolute Gasteiger partial charge is 0.317 e. The molecule has 0 unspecified atom stereocenters. The number of nitrogens with zero attached hydrogens (tertiary/aromatic N) is 2. The molecule has 1 saturated heterocycles. The van der Waals surface area contributed by atoms with Crippen LogP contribution in [0, 0.1) is 0 Å². The van der Waals surface area contributed by atoms with Crippen molar-refractivity contribution in [3.8, 4) is 0 Å². The summed E-state index contributed by atoms with van der Waals surface area (Å²) in [5.74, 6) is -0.916. The van der Waals surface area contributed by atoms with Crippen molar-refractivity contribution in [3.05, 3.63) is 29.3 Å². The Kier molecular flexibility index (Phi) is 5.27. The first kappa shape index (κ1) is 15.4. The minimum Gasteiger partial charge on any atom is -0.481 e. The number of carboxylic acids is 1. The van der Waals surface area contributed by atoms with Crippen molar-refractivity contribution in [2.24, 2.45) is 0 Å². The number of piperazine rings is 1. The summed E-state index contributed by atoms with van der Waals surface area (Å²) in [6.07, 6.45) is -0.0613. The number of anilines is 1. The lowest BCUT2D eigenvalue weighted by molar-refractivity contribution is -0.136. The molecule has 1 aliphatic heterocycles. The Morgan fingerprint density at radius 1 is 1.24 bits per heavy atom. The van der Waals surface area contributed by atoms with Crippen LogP contribution in [0.3, 0.4) is 0 Å². The number of carbonyl (C=O) groups is 2. The second kappa shape index (κ2) is 7.17. The largest absolute Gasteiger partial charge is 0.481 e. The van der Waals surface area contributed by atoms with Gasteiger partial charge in [-0.05, 0) is 18.2 Å². The van der Waals surface area contributed by atoms with Crippen LogP contribution in [-0.4, -0.2) is 54.7 Å². The first-order valence-electron chi connectivity index (χ1n) is 6.81. The van der Waals surface area contributed by atoms with Gasteiger partial charge in [0, 0.05) is 43.4 Å². The number of hydrogen-bond acceptors (Lipinski definition) is 3. The zero-order valence-corrected chi connectivity index (χ0v) is 12.3. The van der Waals surface area contributed by atoms with Gasteiger partial charge in [0.1, 0.15) is 0 Å². The molecule has 1 heterocycles. The number of nitrogens with one attached hydrogen (secondary N) is 1. The van der Waals surface area contributed by atoms with E-state index in [1.54, 1.807) is 4.90 Å². The topological polar surface area (TPSA) is 72.9 Å². The van der Waals surface area contributed by atoms with Gasteiger partial charge in [0.2, 0.25) is 0 Å². The van der Waals surface area contributed by atoms with E-state index in [2.05, 4.69) is 10.2 Å². The third-order valence-electron chi connectivity index (χ3n) is 3.36. The summed E-state index contributed by atoms with van der Waals surface area (Å²) >= 11 is 5.98. The second-order valence-corrected chi connectivity index (χ2v) is 5.27. The Morgan fingerprint density at radius 3 is 2.57 bits per heavy atom. The fourth-order valence-corrected chi connectivity index (χ4v) is 2.41. The van der Waals surface area contributed by atoms with Crippen molar-refractivity contribution in [2.75, 3.05) is 37.6 Å². The number of benzene rings is 1. The standard InChI is InChI=1S/C14H18ClN3O3/c15-11-2-1-3-12(10-11)17-6-8-18(9-7-17)14(21)16-5-4-13(19)20/h1-3,10H,4-9H2,(H,16,21)(H,19,20). The van der Waals surface area contributed by atoms with Gasteiger partial charge in [0.25, 0.3) is 0 Å². The average molecular weight is 312 g/mol. The Labute approximate surface area is 128 Å². The highest BCUT2D eigenvalue weighted by Crippen LogP contribution is 2.20. The summed E-state index contributed by atoms with van der Waals surface area (Å²) in [7, 11) is 0. The highest BCUT2D eigenvalue weighted by atomic mass is 35.5. The van der Waals surface area contributed by atoms with Crippen LogP contribution in [0.5, 0.6) is 0 Å². The number of carbonyl (C=O) groups excluding carboxylic acids is 1. The van der Waals surface area contributed by atoms with E-state index in [-0.39, 0.29) is 19.0 Å². The fraction of sp³-hybridized carbons (Fsp3) is 0.429. The number of carboxylic acid groups (broad SMARTS) is 1. The maximum absolute atomic E-state index is 11.9. The molecule has 2 N–H and O–H groups in total. The number of hydrogen-bond donors (Lipinski definition) is 2. The predicted octanol–water partition coefficient (Wildman–Crippen LogP) is 1.65. The summed E-state index contributed by atoms with van der Waals surface area (Å²) < 4.78 is 0. The molecule has 2 amide bonds. The lowest BCUT2D eigenvalue weighted by Crippen LogP contribution is -2.52. The molecule has 0 aliphatic carbocycles. The SMILES string of the molecule is O=C(O)CCNC(=O)N1CCN(c2cccc(Cl)c2)CC1. The third kappa shape index (κ3) is 4.53. The first-order chi connectivity index (χ1) is 10.1. The molecule has 0 atom stereocenters. The maximum Gasteiger partial charge on any atom is 0.317 e. The maximum atomic E-state index is 11.9. The molecular weight excluding hydrogens is 294 g/mol. The monoisotopic (exact) mass is 311 g/mol. The summed E-state index contributed by atoms with van der Waals surface area (Å²) in [6, 6.07) is 7.43. The minimum atomic E-state index is -0.916. The van der Waals surface area contributed by atoms with Crippen LogP contribution in [0.4, 0.5) is 10.5 Å². The van der Waals surface area contributed by atoms with Gasteiger partial charge in [-0.2, -0.15) is 0 Å². The molecule has 0 radical (unpaired) electrons. The zero-order chi connectivity index (χ0) is 15.2. The van der Waals surface area contributed by atoms with Crippen LogP contribution < -0.4 is 10.2 Å². The molecule has 1 fully saturated rings. The summed E-state index contributed by atoms with van der Waals surface area (Å²) in [5, 5.41) is 11.8. The van der Waals surface area contributed by atoms with E-state index in [0.717, 1.165) is 18.8 Å². The number of rotatable bonds is 4. The van der Waals surface area contributed by atoms with Gasteiger partial charge in [0.15, 0.2) is 0 Å². The second-order valence-electron chi connectivity index (χ2n) is 4.83. The van der Waals surface area contributed by atoms with E-state index in [0.29, 0.717) is 18.1 Å². The predicted molar refractivity (Wildman–Crippen MR) is 80.9 cm³/mol. The zero-order valence-electron chi connectivity index (χ0n) is 11.6. The van der Waals surface area contributed by atoms with Crippen molar-refractivity contribution >= 4 is 29.3 Å². The lowest BCUT2D eigenvalue weighted by atomic mass is 10.2. The van der Waals surface area contributed by atoms with Gasteiger partial charge >= 0.3 is 12.0 Å². The van der Waals surface area contributed by atoms with Gasteiger partial charge in [0.05, 0.1) is 6.42 Å². The quantitative estimate of drug-likeness (QED) is 0.887. The van der Waals surface area contributed by atoms with Crippen molar-refractivity contribution in [3.63, 3.8) is 0 Å². The molecule has 7 heteroatoms. The minimum absolute atomic E-state index is 0.0613. The fourth-order valence-electron chi connectivity index (χ4n) is 2.23. The van der Waals surface area contributed by atoms with Crippen LogP contribution in [0.2, 0.25) is 5.02 Å². The van der Waals surface area contributed by atoms with Gasteiger partial charge in [-0.3, -0.25) is 4.79 Å². The Morgan fingerprint density at radius 2 is 1.95 bits per heavy atom. The number of urea groups is 1. The van der Waals surface area contributed by atoms with Crippen LogP contribution in [0.15, 0.2) is 24.3 Å². The van der Waals surface area contributed by atoms with Crippen LogP contribution in [-0.2, 0) is 4.79 Å². The molecular formula is C14H18ClN3O3. The average Bonchev–Trinajstić information content (AvgIpc) is 2.47. The van der Waals surface area contributed by atoms with Crippen molar-refractivity contribution < 1.29 is 14.7 Å². The molecule has 0 bridgehead atoms. The van der Waals surface area contributed by atoms with E-state index in [1.165, 1.54) is 0 Å². The van der Waals surface area contributed by atoms with Crippen LogP contribution in [0.1, 0.15) is 6.42 Å². The Bertz CT molecular complexity index is 516. The molecule has 114 valence electrons. The Balaban J connectivity index is 1.80. The summed E-state index contributed by atoms with van der Waals surface area (Å²) in [6.45, 7) is 2.82. The molecule has 6 nitrogen and oxygen atoms in total. The van der Waals surface area contributed by atoms with Gasteiger partial charge in [-0.25, -0.2) is 4.79 Å². The molecule has 0 aromatic heterocycles. The van der Waals surface area contributed by atoms with Gasteiger partial charge in [-0.1, -0.05) is 17.7 Å². The summed E-state index contributed by atoms with van der Waals surface area (Å²) in [4.78, 5) is 26.1. The number of aliphatic carboxylic acids is 1. The van der Waals surface area contributed by atoms with E-state index >= 15 is 0 Å². The molecule has 0 spiro atoms. The molecule has 21 heavy (non-hydrogen) atoms. The molecule has 1 aromatic rings. The molecule has 2 rings (SSSR count). The van der Waals surface area contributed by atoms with E-state index in [4.69, 9.17) is 16.7 Å². The summed E-state index contributed by atoms with van der Waals surface area (Å²) in [5.41, 5.74) is 1.05. The van der Waals surface area contributed by atoms with Crippen LogP contribution >= 0.6 is 11.6 Å². The Hall–Kier alpha value is -1.95. The highest BCUT2D eigenvalue weighted by Gasteiger charge is 2.21. The van der Waals surface area contributed by atoms with E-state index < -0.39 is 5.97 Å². The third-order valence-corrected chi connectivity index (χ3v) is 3.59. The normalized spacial score (nSPS) is 14.9. The van der Waals surface area contributed by atoms with Crippen molar-refractivity contribution in [2.45, 2.75) is 6.42 Å². The van der Waals surface area contributed by atoms with Gasteiger partial charge in [-0.15, -0.1) is 0 Å². The molecule has 0 saturated carbocycles. The van der Waals surface area contributed by atoms with E-state index in [1.807, 2.05) is 24.3 Å². The highest BCUT2D eigenvalue weighted by molar-refractivity contribution is 6.30. The van der Waals surface area contributed by atoms with Gasteiger partial charge < -0.3 is 20.2 Å².